The van der Waals surface area contributed by atoms with Crippen LogP contribution in [0.5, 0.6) is 0 Å². The van der Waals surface area contributed by atoms with E-state index in [2.05, 4.69) is 5.32 Å². The van der Waals surface area contributed by atoms with Gasteiger partial charge in [-0.3, -0.25) is 4.79 Å². The number of hydrogen-bond acceptors (Lipinski definition) is 4. The number of hydrogen-bond donors (Lipinski definition) is 2. The molecule has 0 radical (unpaired) electrons. The quantitative estimate of drug-likeness (QED) is 0.776. The normalized spacial score (nSPS) is 12.4. The Bertz CT molecular complexity index is 718. The van der Waals surface area contributed by atoms with E-state index in [-0.39, 0.29) is 12.5 Å². The molecule has 2 aromatic heterocycles. The highest BCUT2D eigenvalue weighted by atomic mass is 32.1. The number of benzene rings is 1. The molecule has 3 nitrogen and oxygen atoms in total. The van der Waals surface area contributed by atoms with Crippen molar-refractivity contribution in [2.24, 2.45) is 0 Å². The molecule has 2 N–H and O–H groups in total. The van der Waals surface area contributed by atoms with Gasteiger partial charge in [0.2, 0.25) is 0 Å². The molecule has 0 aliphatic heterocycles. The smallest absolute Gasteiger partial charge is 0.252 e. The summed E-state index contributed by atoms with van der Waals surface area (Å²) in [5, 5.41) is 19.7. The Morgan fingerprint density at radius 2 is 2.10 bits per heavy atom. The molecule has 0 saturated carbocycles. The van der Waals surface area contributed by atoms with Gasteiger partial charge in [-0.05, 0) is 28.3 Å². The third-order valence-corrected chi connectivity index (χ3v) is 4.77. The molecule has 0 fully saturated rings. The number of amides is 1. The van der Waals surface area contributed by atoms with Gasteiger partial charge < -0.3 is 10.4 Å². The fourth-order valence-corrected chi connectivity index (χ4v) is 3.70. The van der Waals surface area contributed by atoms with Gasteiger partial charge in [0, 0.05) is 27.8 Å². The third-order valence-electron chi connectivity index (χ3n) is 3.11. The topological polar surface area (TPSA) is 49.3 Å². The molecule has 1 unspecified atom stereocenters. The summed E-state index contributed by atoms with van der Waals surface area (Å²) in [6.45, 7) is 0.218. The number of aliphatic hydroxyl groups is 1. The number of carbonyl (C=O) groups is 1. The van der Waals surface area contributed by atoms with Crippen molar-refractivity contribution in [1.29, 1.82) is 0 Å². The zero-order valence-corrected chi connectivity index (χ0v) is 12.2. The number of thiophene rings is 2. The maximum Gasteiger partial charge on any atom is 0.252 e. The maximum absolute atomic E-state index is 11.8. The van der Waals surface area contributed by atoms with Crippen molar-refractivity contribution in [3.8, 4) is 0 Å². The largest absolute Gasteiger partial charge is 0.387 e. The van der Waals surface area contributed by atoms with Crippen LogP contribution in [0.3, 0.4) is 0 Å². The number of fused-ring (bicyclic) bond motifs is 1. The standard InChI is InChI=1S/C15H13NO2S2/c17-13(7-16-15(18)10-5-6-19-8-10)12-9-20-14-4-2-1-3-11(12)14/h1-6,8-9,13,17H,7H2,(H,16,18). The molecule has 3 rings (SSSR count). The van der Waals surface area contributed by atoms with Gasteiger partial charge in [0.1, 0.15) is 0 Å². The molecule has 102 valence electrons. The summed E-state index contributed by atoms with van der Waals surface area (Å²) in [5.41, 5.74) is 1.51. The second-order valence-electron chi connectivity index (χ2n) is 4.43. The summed E-state index contributed by atoms with van der Waals surface area (Å²) in [5.74, 6) is -0.148. The Morgan fingerprint density at radius 1 is 1.25 bits per heavy atom. The van der Waals surface area contributed by atoms with Gasteiger partial charge in [-0.25, -0.2) is 0 Å². The number of aliphatic hydroxyl groups excluding tert-OH is 1. The summed E-state index contributed by atoms with van der Waals surface area (Å²) < 4.78 is 1.14. The predicted octanol–water partition coefficient (Wildman–Crippen LogP) is 3.43. The Labute approximate surface area is 124 Å². The van der Waals surface area contributed by atoms with E-state index in [9.17, 15) is 9.90 Å². The lowest BCUT2D eigenvalue weighted by Gasteiger charge is -2.11. The van der Waals surface area contributed by atoms with Crippen LogP contribution in [0.15, 0.2) is 46.5 Å². The average molecular weight is 303 g/mol. The van der Waals surface area contributed by atoms with Crippen molar-refractivity contribution in [1.82, 2.24) is 5.32 Å². The third kappa shape index (κ3) is 2.60. The number of nitrogens with one attached hydrogen (secondary N) is 1. The van der Waals surface area contributed by atoms with Gasteiger partial charge in [-0.1, -0.05) is 18.2 Å². The first-order valence-corrected chi connectivity index (χ1v) is 8.02. The van der Waals surface area contributed by atoms with Crippen LogP contribution in [0, 0.1) is 0 Å². The lowest BCUT2D eigenvalue weighted by molar-refractivity contribution is 0.0917. The first-order chi connectivity index (χ1) is 9.75. The summed E-state index contributed by atoms with van der Waals surface area (Å²) in [7, 11) is 0. The van der Waals surface area contributed by atoms with Crippen molar-refractivity contribution in [2.45, 2.75) is 6.10 Å². The molecule has 0 aliphatic rings. The van der Waals surface area contributed by atoms with Crippen LogP contribution in [-0.4, -0.2) is 17.6 Å². The molecule has 0 spiro atoms. The lowest BCUT2D eigenvalue weighted by Crippen LogP contribution is -2.27. The zero-order chi connectivity index (χ0) is 13.9. The van der Waals surface area contributed by atoms with Crippen molar-refractivity contribution < 1.29 is 9.90 Å². The van der Waals surface area contributed by atoms with Gasteiger partial charge in [-0.2, -0.15) is 11.3 Å². The molecule has 3 aromatic rings. The molecule has 2 heterocycles. The van der Waals surface area contributed by atoms with E-state index in [1.807, 2.05) is 35.0 Å². The maximum atomic E-state index is 11.8. The summed E-state index contributed by atoms with van der Waals surface area (Å²) >= 11 is 3.08. The molecule has 1 aromatic carbocycles. The van der Waals surface area contributed by atoms with E-state index in [0.29, 0.717) is 5.56 Å². The van der Waals surface area contributed by atoms with Crippen molar-refractivity contribution in [3.05, 3.63) is 57.6 Å². The van der Waals surface area contributed by atoms with Crippen molar-refractivity contribution >= 4 is 38.7 Å². The van der Waals surface area contributed by atoms with Gasteiger partial charge in [0.25, 0.3) is 5.91 Å². The highest BCUT2D eigenvalue weighted by Gasteiger charge is 2.14. The summed E-state index contributed by atoms with van der Waals surface area (Å²) in [6.07, 6.45) is -0.686. The highest BCUT2D eigenvalue weighted by molar-refractivity contribution is 7.17. The van der Waals surface area contributed by atoms with E-state index in [0.717, 1.165) is 15.6 Å². The minimum atomic E-state index is -0.686. The first-order valence-electron chi connectivity index (χ1n) is 6.20. The number of rotatable bonds is 4. The van der Waals surface area contributed by atoms with Crippen molar-refractivity contribution in [3.63, 3.8) is 0 Å². The first kappa shape index (κ1) is 13.3. The predicted molar refractivity (Wildman–Crippen MR) is 83.4 cm³/mol. The molecule has 0 bridgehead atoms. The molecular weight excluding hydrogens is 290 g/mol. The molecular formula is C15H13NO2S2. The highest BCUT2D eigenvalue weighted by Crippen LogP contribution is 2.29. The van der Waals surface area contributed by atoms with E-state index in [1.54, 1.807) is 22.8 Å². The second-order valence-corrected chi connectivity index (χ2v) is 6.12. The van der Waals surface area contributed by atoms with E-state index in [4.69, 9.17) is 0 Å². The lowest BCUT2D eigenvalue weighted by atomic mass is 10.1. The summed E-state index contributed by atoms with van der Waals surface area (Å²) in [6, 6.07) is 9.72. The van der Waals surface area contributed by atoms with E-state index in [1.165, 1.54) is 11.3 Å². The van der Waals surface area contributed by atoms with Gasteiger partial charge in [0.05, 0.1) is 6.10 Å². The minimum Gasteiger partial charge on any atom is -0.387 e. The zero-order valence-electron chi connectivity index (χ0n) is 10.6. The fourth-order valence-electron chi connectivity index (χ4n) is 2.05. The molecule has 20 heavy (non-hydrogen) atoms. The van der Waals surface area contributed by atoms with Crippen LogP contribution >= 0.6 is 22.7 Å². The Kier molecular flexibility index (Phi) is 3.82. The van der Waals surface area contributed by atoms with Crippen LogP contribution in [0.25, 0.3) is 10.1 Å². The molecule has 1 amide bonds. The average Bonchev–Trinajstić information content (AvgIpc) is 3.13. The Morgan fingerprint density at radius 3 is 2.90 bits per heavy atom. The number of carbonyl (C=O) groups excluding carboxylic acids is 1. The molecule has 0 saturated heterocycles. The van der Waals surface area contributed by atoms with Crippen LogP contribution in [0.2, 0.25) is 0 Å². The summed E-state index contributed by atoms with van der Waals surface area (Å²) in [4.78, 5) is 11.8. The molecule has 5 heteroatoms. The van der Waals surface area contributed by atoms with Crippen LogP contribution in [-0.2, 0) is 0 Å². The fraction of sp³-hybridized carbons (Fsp3) is 0.133. The Balaban J connectivity index is 1.70. The molecule has 1 atom stereocenters. The van der Waals surface area contributed by atoms with Crippen molar-refractivity contribution in [2.75, 3.05) is 6.54 Å². The van der Waals surface area contributed by atoms with Gasteiger partial charge in [-0.15, -0.1) is 11.3 Å². The van der Waals surface area contributed by atoms with Crippen LogP contribution in [0.1, 0.15) is 22.0 Å². The molecule has 0 aliphatic carbocycles. The van der Waals surface area contributed by atoms with E-state index >= 15 is 0 Å². The van der Waals surface area contributed by atoms with Gasteiger partial charge >= 0.3 is 0 Å². The Hall–Kier alpha value is -1.69. The second kappa shape index (κ2) is 5.75. The van der Waals surface area contributed by atoms with Crippen LogP contribution in [0.4, 0.5) is 0 Å². The van der Waals surface area contributed by atoms with E-state index < -0.39 is 6.10 Å². The minimum absolute atomic E-state index is 0.148. The van der Waals surface area contributed by atoms with Gasteiger partial charge in [0.15, 0.2) is 0 Å². The SMILES string of the molecule is O=C(NCC(O)c1csc2ccccc12)c1ccsc1. The monoisotopic (exact) mass is 303 g/mol. The van der Waals surface area contributed by atoms with Crippen LogP contribution < -0.4 is 5.32 Å².